The van der Waals surface area contributed by atoms with Gasteiger partial charge in [0.2, 0.25) is 0 Å². The van der Waals surface area contributed by atoms with Gasteiger partial charge in [-0.2, -0.15) is 0 Å². The van der Waals surface area contributed by atoms with Crippen LogP contribution in [-0.2, 0) is 6.54 Å². The number of pyridine rings is 1. The molecule has 0 atom stereocenters. The first-order valence-electron chi connectivity index (χ1n) is 8.76. The van der Waals surface area contributed by atoms with E-state index in [0.717, 1.165) is 49.7 Å². The zero-order chi connectivity index (χ0) is 17.8. The van der Waals surface area contributed by atoms with Crippen LogP contribution < -0.4 is 9.64 Å². The molecule has 26 heavy (non-hydrogen) atoms. The van der Waals surface area contributed by atoms with Gasteiger partial charge in [-0.15, -0.1) is 11.3 Å². The Hall–Kier alpha value is -2.44. The van der Waals surface area contributed by atoms with Crippen molar-refractivity contribution >= 4 is 17.0 Å². The molecule has 1 aromatic carbocycles. The predicted octanol–water partition coefficient (Wildman–Crippen LogP) is 3.54. The zero-order valence-electron chi connectivity index (χ0n) is 14.8. The molecular formula is C20H22N4OS. The smallest absolute Gasteiger partial charge is 0.128 e. The van der Waals surface area contributed by atoms with E-state index >= 15 is 0 Å². The highest BCUT2D eigenvalue weighted by atomic mass is 32.1. The highest BCUT2D eigenvalue weighted by molar-refractivity contribution is 7.07. The molecule has 0 amide bonds. The summed E-state index contributed by atoms with van der Waals surface area (Å²) < 4.78 is 5.52. The molecule has 0 saturated carbocycles. The summed E-state index contributed by atoms with van der Waals surface area (Å²) in [4.78, 5) is 13.5. The summed E-state index contributed by atoms with van der Waals surface area (Å²) in [5.41, 5.74) is 6.47. The Morgan fingerprint density at radius 1 is 1.08 bits per heavy atom. The zero-order valence-corrected chi connectivity index (χ0v) is 15.7. The normalized spacial score (nSPS) is 15.2. The Morgan fingerprint density at radius 3 is 2.58 bits per heavy atom. The fraction of sp³-hybridized carbons (Fsp3) is 0.300. The fourth-order valence-corrected chi connectivity index (χ4v) is 3.93. The molecule has 1 aliphatic rings. The summed E-state index contributed by atoms with van der Waals surface area (Å²) in [6, 6.07) is 10.6. The number of hydrogen-bond donors (Lipinski definition) is 0. The Kier molecular flexibility index (Phi) is 5.13. The lowest BCUT2D eigenvalue weighted by Crippen LogP contribution is -2.45. The molecule has 0 N–H and O–H groups in total. The Morgan fingerprint density at radius 2 is 1.88 bits per heavy atom. The molecule has 3 aromatic rings. The summed E-state index contributed by atoms with van der Waals surface area (Å²) in [5.74, 6) is 0.877. The van der Waals surface area contributed by atoms with Gasteiger partial charge in [-0.05, 0) is 29.8 Å². The number of ether oxygens (including phenoxy) is 1. The Bertz CT molecular complexity index is 830. The largest absolute Gasteiger partial charge is 0.496 e. The molecule has 1 aliphatic heterocycles. The van der Waals surface area contributed by atoms with Crippen LogP contribution in [0.4, 0.5) is 5.69 Å². The molecule has 5 nitrogen and oxygen atoms in total. The van der Waals surface area contributed by atoms with Gasteiger partial charge in [0.1, 0.15) is 5.75 Å². The summed E-state index contributed by atoms with van der Waals surface area (Å²) in [6.45, 7) is 5.14. The van der Waals surface area contributed by atoms with E-state index in [1.165, 1.54) is 11.3 Å². The average molecular weight is 366 g/mol. The summed E-state index contributed by atoms with van der Waals surface area (Å²) in [6.07, 6.45) is 3.72. The standard InChI is InChI=1S/C20H22N4OS/c1-25-20-3-2-16(12-18(20)19-14-26-15-22-19)13-23-8-10-24(11-9-23)17-4-6-21-7-5-17/h2-7,12,14-15H,8-11,13H2,1H3. The maximum atomic E-state index is 5.52. The van der Waals surface area contributed by atoms with Crippen LogP contribution in [0.1, 0.15) is 5.56 Å². The van der Waals surface area contributed by atoms with E-state index in [2.05, 4.69) is 55.5 Å². The fourth-order valence-electron chi connectivity index (χ4n) is 3.38. The number of methoxy groups -OCH3 is 1. The lowest BCUT2D eigenvalue weighted by molar-refractivity contribution is 0.250. The number of nitrogens with zero attached hydrogens (tertiary/aromatic N) is 4. The number of anilines is 1. The van der Waals surface area contributed by atoms with Gasteiger partial charge in [0.25, 0.3) is 0 Å². The van der Waals surface area contributed by atoms with E-state index in [4.69, 9.17) is 4.74 Å². The second-order valence-corrected chi connectivity index (χ2v) is 7.10. The van der Waals surface area contributed by atoms with Crippen molar-refractivity contribution in [2.75, 3.05) is 38.2 Å². The van der Waals surface area contributed by atoms with Crippen molar-refractivity contribution in [3.05, 3.63) is 59.2 Å². The minimum atomic E-state index is 0.877. The van der Waals surface area contributed by atoms with Crippen LogP contribution >= 0.6 is 11.3 Å². The maximum Gasteiger partial charge on any atom is 0.128 e. The van der Waals surface area contributed by atoms with E-state index in [-0.39, 0.29) is 0 Å². The molecule has 0 radical (unpaired) electrons. The molecule has 0 unspecified atom stereocenters. The quantitative estimate of drug-likeness (QED) is 0.691. The second-order valence-electron chi connectivity index (χ2n) is 6.38. The molecule has 1 saturated heterocycles. The van der Waals surface area contributed by atoms with E-state index in [1.807, 2.05) is 17.9 Å². The third-order valence-electron chi connectivity index (χ3n) is 4.78. The third kappa shape index (κ3) is 3.71. The molecule has 0 aliphatic carbocycles. The molecule has 1 fully saturated rings. The highest BCUT2D eigenvalue weighted by Crippen LogP contribution is 2.31. The van der Waals surface area contributed by atoms with Crippen LogP contribution in [0, 0.1) is 0 Å². The van der Waals surface area contributed by atoms with Gasteiger partial charge in [0.05, 0.1) is 18.3 Å². The van der Waals surface area contributed by atoms with Gasteiger partial charge in [0, 0.05) is 61.7 Å². The van der Waals surface area contributed by atoms with E-state index in [1.54, 1.807) is 18.4 Å². The minimum absolute atomic E-state index is 0.877. The van der Waals surface area contributed by atoms with Gasteiger partial charge in [-0.25, -0.2) is 4.98 Å². The van der Waals surface area contributed by atoms with Crippen LogP contribution in [0.15, 0.2) is 53.6 Å². The van der Waals surface area contributed by atoms with Gasteiger partial charge in [-0.1, -0.05) is 6.07 Å². The van der Waals surface area contributed by atoms with E-state index in [9.17, 15) is 0 Å². The van der Waals surface area contributed by atoms with Crippen LogP contribution in [0.2, 0.25) is 0 Å². The summed E-state index contributed by atoms with van der Waals surface area (Å²) in [5, 5.41) is 2.06. The number of hydrogen-bond acceptors (Lipinski definition) is 6. The second kappa shape index (κ2) is 7.85. The highest BCUT2D eigenvalue weighted by Gasteiger charge is 2.18. The SMILES string of the molecule is COc1ccc(CN2CCN(c3ccncc3)CC2)cc1-c1cscn1. The lowest BCUT2D eigenvalue weighted by atomic mass is 10.1. The van der Waals surface area contributed by atoms with Crippen LogP contribution in [0.3, 0.4) is 0 Å². The molecule has 6 heteroatoms. The third-order valence-corrected chi connectivity index (χ3v) is 5.36. The van der Waals surface area contributed by atoms with E-state index in [0.29, 0.717) is 0 Å². The average Bonchev–Trinajstić information content (AvgIpc) is 3.24. The lowest BCUT2D eigenvalue weighted by Gasteiger charge is -2.36. The van der Waals surface area contributed by atoms with Crippen molar-refractivity contribution in [3.63, 3.8) is 0 Å². The Balaban J connectivity index is 1.43. The summed E-state index contributed by atoms with van der Waals surface area (Å²) in [7, 11) is 1.71. The van der Waals surface area contributed by atoms with Crippen molar-refractivity contribution in [2.24, 2.45) is 0 Å². The molecule has 3 heterocycles. The van der Waals surface area contributed by atoms with Crippen molar-refractivity contribution in [2.45, 2.75) is 6.54 Å². The minimum Gasteiger partial charge on any atom is -0.496 e. The van der Waals surface area contributed by atoms with Crippen molar-refractivity contribution in [3.8, 4) is 17.0 Å². The van der Waals surface area contributed by atoms with Crippen LogP contribution in [0.25, 0.3) is 11.3 Å². The molecule has 2 aromatic heterocycles. The number of rotatable bonds is 5. The number of piperazine rings is 1. The number of thiazole rings is 1. The van der Waals surface area contributed by atoms with Gasteiger partial charge in [0.15, 0.2) is 0 Å². The predicted molar refractivity (Wildman–Crippen MR) is 106 cm³/mol. The van der Waals surface area contributed by atoms with Gasteiger partial charge in [-0.3, -0.25) is 9.88 Å². The number of aromatic nitrogens is 2. The number of benzene rings is 1. The van der Waals surface area contributed by atoms with Crippen molar-refractivity contribution in [1.82, 2.24) is 14.9 Å². The molecular weight excluding hydrogens is 344 g/mol. The topological polar surface area (TPSA) is 41.5 Å². The van der Waals surface area contributed by atoms with Gasteiger partial charge >= 0.3 is 0 Å². The molecule has 0 bridgehead atoms. The monoisotopic (exact) mass is 366 g/mol. The van der Waals surface area contributed by atoms with Gasteiger partial charge < -0.3 is 9.64 Å². The van der Waals surface area contributed by atoms with E-state index < -0.39 is 0 Å². The molecule has 134 valence electrons. The molecule has 4 rings (SSSR count). The first-order chi connectivity index (χ1) is 12.8. The Labute approximate surface area is 157 Å². The summed E-state index contributed by atoms with van der Waals surface area (Å²) >= 11 is 1.61. The van der Waals surface area contributed by atoms with Crippen LogP contribution in [0.5, 0.6) is 5.75 Å². The maximum absolute atomic E-state index is 5.52. The first kappa shape index (κ1) is 17.0. The van der Waals surface area contributed by atoms with Crippen molar-refractivity contribution < 1.29 is 4.74 Å². The van der Waals surface area contributed by atoms with Crippen molar-refractivity contribution in [1.29, 1.82) is 0 Å². The van der Waals surface area contributed by atoms with Crippen LogP contribution in [-0.4, -0.2) is 48.2 Å². The first-order valence-corrected chi connectivity index (χ1v) is 9.70. The molecule has 0 spiro atoms.